The molecule has 0 saturated carbocycles. The summed E-state index contributed by atoms with van der Waals surface area (Å²) in [5, 5.41) is 0. The van der Waals surface area contributed by atoms with Gasteiger partial charge in [0.2, 0.25) is 0 Å². The first kappa shape index (κ1) is 15.3. The fraction of sp³-hybridized carbons (Fsp3) is 0.800. The smallest absolute Gasteiger partial charge is 0.171 e. The molecule has 0 unspecified atom stereocenters. The van der Waals surface area contributed by atoms with Crippen molar-refractivity contribution in [3.05, 3.63) is 12.2 Å². The molecule has 96 valence electrons. The highest BCUT2D eigenvalue weighted by Gasteiger charge is 2.26. The van der Waals surface area contributed by atoms with Gasteiger partial charge in [0.05, 0.1) is 0 Å². The topological polar surface area (TPSA) is 0 Å². The molecule has 0 aromatic rings. The fourth-order valence-corrected chi connectivity index (χ4v) is 1.07. The summed E-state index contributed by atoms with van der Waals surface area (Å²) in [6.45, 7) is 0. The molecule has 0 spiro atoms. The highest BCUT2D eigenvalue weighted by Crippen LogP contribution is 2.23. The van der Waals surface area contributed by atoms with Gasteiger partial charge in [-0.1, -0.05) is 12.2 Å². The Balaban J connectivity index is 3.36. The van der Waals surface area contributed by atoms with E-state index in [0.717, 1.165) is 0 Å². The van der Waals surface area contributed by atoms with Crippen LogP contribution in [0.25, 0.3) is 0 Å². The van der Waals surface area contributed by atoms with Gasteiger partial charge in [0, 0.05) is 12.8 Å². The summed E-state index contributed by atoms with van der Waals surface area (Å²) in [5.41, 5.74) is 0. The molecule has 16 heavy (non-hydrogen) atoms. The molecule has 0 rings (SSSR count). The van der Waals surface area contributed by atoms with Gasteiger partial charge in [0.1, 0.15) is 0 Å². The third-order valence-electron chi connectivity index (χ3n) is 1.84. The van der Waals surface area contributed by atoms with Gasteiger partial charge in [-0.05, 0) is 25.7 Å². The Kier molecular flexibility index (Phi) is 6.52. The molecule has 0 atom stereocenters. The molecule has 0 amide bonds. The number of unbranched alkanes of at least 4 members (excludes halogenated alkanes) is 2. The maximum Gasteiger partial charge on any atom is 0.389 e. The van der Waals surface area contributed by atoms with Crippen molar-refractivity contribution in [2.45, 2.75) is 50.9 Å². The third kappa shape index (κ3) is 13.3. The molecule has 0 aromatic carbocycles. The van der Waals surface area contributed by atoms with Crippen molar-refractivity contribution in [1.29, 1.82) is 0 Å². The average Bonchev–Trinajstić information content (AvgIpc) is 2.06. The van der Waals surface area contributed by atoms with Gasteiger partial charge in [0.25, 0.3) is 0 Å². The molecule has 0 nitrogen and oxygen atoms in total. The summed E-state index contributed by atoms with van der Waals surface area (Å²) >= 11 is 0. The molecule has 0 N–H and O–H groups in total. The van der Waals surface area contributed by atoms with Crippen molar-refractivity contribution in [1.82, 2.24) is 0 Å². The standard InChI is InChI=1S/C10H14F6/c11-9(12,13)7-5-3-1-2-4-6-8-10(14,15)16/h1,3H,2,4-8H2. The van der Waals surface area contributed by atoms with Crippen LogP contribution in [0.5, 0.6) is 0 Å². The molecule has 0 heterocycles. The van der Waals surface area contributed by atoms with E-state index in [-0.39, 0.29) is 12.8 Å². The summed E-state index contributed by atoms with van der Waals surface area (Å²) in [5.74, 6) is 0. The second-order valence-corrected chi connectivity index (χ2v) is 3.49. The minimum absolute atomic E-state index is 0.0209. The van der Waals surface area contributed by atoms with Gasteiger partial charge >= 0.3 is 12.4 Å². The maximum atomic E-state index is 11.7. The van der Waals surface area contributed by atoms with Gasteiger partial charge in [-0.3, -0.25) is 0 Å². The van der Waals surface area contributed by atoms with Crippen LogP contribution in [0.1, 0.15) is 38.5 Å². The van der Waals surface area contributed by atoms with Crippen molar-refractivity contribution in [3.63, 3.8) is 0 Å². The van der Waals surface area contributed by atoms with E-state index in [1.807, 2.05) is 0 Å². The van der Waals surface area contributed by atoms with E-state index in [0.29, 0.717) is 12.8 Å². The highest BCUT2D eigenvalue weighted by atomic mass is 19.4. The van der Waals surface area contributed by atoms with Crippen molar-refractivity contribution in [3.8, 4) is 0 Å². The Morgan fingerprint density at radius 2 is 1.12 bits per heavy atom. The number of hydrogen-bond donors (Lipinski definition) is 0. The molecule has 0 bridgehead atoms. The molecule has 6 heteroatoms. The van der Waals surface area contributed by atoms with Crippen LogP contribution >= 0.6 is 0 Å². The van der Waals surface area contributed by atoms with Crippen molar-refractivity contribution in [2.75, 3.05) is 0 Å². The van der Waals surface area contributed by atoms with Crippen LogP contribution in [-0.2, 0) is 0 Å². The summed E-state index contributed by atoms with van der Waals surface area (Å²) in [7, 11) is 0. The molecular formula is C10H14F6. The number of rotatable bonds is 6. The quantitative estimate of drug-likeness (QED) is 0.352. The average molecular weight is 248 g/mol. The molecule has 0 fully saturated rings. The summed E-state index contributed by atoms with van der Waals surface area (Å²) in [4.78, 5) is 0. The first-order valence-corrected chi connectivity index (χ1v) is 4.99. The maximum absolute atomic E-state index is 11.7. The Bertz CT molecular complexity index is 200. The SMILES string of the molecule is FC(F)(F)CCC=CCCCCC(F)(F)F. The van der Waals surface area contributed by atoms with E-state index in [4.69, 9.17) is 0 Å². The predicted molar refractivity (Wildman–Crippen MR) is 49.0 cm³/mol. The summed E-state index contributed by atoms with van der Waals surface area (Å²) < 4.78 is 70.0. The lowest BCUT2D eigenvalue weighted by molar-refractivity contribution is -0.136. The number of hydrogen-bond acceptors (Lipinski definition) is 0. The van der Waals surface area contributed by atoms with Crippen LogP contribution in [-0.4, -0.2) is 12.4 Å². The largest absolute Gasteiger partial charge is 0.389 e. The Morgan fingerprint density at radius 1 is 0.625 bits per heavy atom. The number of halogens is 6. The van der Waals surface area contributed by atoms with Gasteiger partial charge in [-0.15, -0.1) is 0 Å². The van der Waals surface area contributed by atoms with Crippen LogP contribution in [0.2, 0.25) is 0 Å². The zero-order valence-corrected chi connectivity index (χ0v) is 8.67. The molecule has 0 aliphatic carbocycles. The molecule has 0 radical (unpaired) electrons. The molecule has 0 saturated heterocycles. The second-order valence-electron chi connectivity index (χ2n) is 3.49. The lowest BCUT2D eigenvalue weighted by Gasteiger charge is -2.04. The van der Waals surface area contributed by atoms with Crippen LogP contribution in [0, 0.1) is 0 Å². The Labute approximate surface area is 90.3 Å². The van der Waals surface area contributed by atoms with E-state index in [2.05, 4.69) is 0 Å². The Morgan fingerprint density at radius 3 is 1.62 bits per heavy atom. The van der Waals surface area contributed by atoms with E-state index in [9.17, 15) is 26.3 Å². The van der Waals surface area contributed by atoms with Gasteiger partial charge in [-0.25, -0.2) is 0 Å². The van der Waals surface area contributed by atoms with Gasteiger partial charge < -0.3 is 0 Å². The van der Waals surface area contributed by atoms with Crippen molar-refractivity contribution >= 4 is 0 Å². The van der Waals surface area contributed by atoms with E-state index in [1.165, 1.54) is 12.2 Å². The van der Waals surface area contributed by atoms with E-state index >= 15 is 0 Å². The number of alkyl halides is 6. The van der Waals surface area contributed by atoms with E-state index in [1.54, 1.807) is 0 Å². The monoisotopic (exact) mass is 248 g/mol. The van der Waals surface area contributed by atoms with Gasteiger partial charge in [0.15, 0.2) is 0 Å². The highest BCUT2D eigenvalue weighted by molar-refractivity contribution is 4.82. The van der Waals surface area contributed by atoms with Crippen LogP contribution in [0.15, 0.2) is 12.2 Å². The van der Waals surface area contributed by atoms with Crippen LogP contribution in [0.4, 0.5) is 26.3 Å². The third-order valence-corrected chi connectivity index (χ3v) is 1.84. The summed E-state index contributed by atoms with van der Waals surface area (Å²) in [6, 6.07) is 0. The lowest BCUT2D eigenvalue weighted by atomic mass is 10.1. The van der Waals surface area contributed by atoms with Crippen LogP contribution in [0.3, 0.4) is 0 Å². The van der Waals surface area contributed by atoms with Crippen LogP contribution < -0.4 is 0 Å². The molecule has 0 aliphatic heterocycles. The van der Waals surface area contributed by atoms with E-state index < -0.39 is 25.2 Å². The van der Waals surface area contributed by atoms with Crippen molar-refractivity contribution in [2.24, 2.45) is 0 Å². The van der Waals surface area contributed by atoms with Gasteiger partial charge in [-0.2, -0.15) is 26.3 Å². The molecular weight excluding hydrogens is 234 g/mol. The lowest BCUT2D eigenvalue weighted by Crippen LogP contribution is -2.06. The van der Waals surface area contributed by atoms with Crippen molar-refractivity contribution < 1.29 is 26.3 Å². The minimum atomic E-state index is -4.17. The Hall–Kier alpha value is -0.680. The number of allylic oxidation sites excluding steroid dienone is 2. The molecule has 0 aromatic heterocycles. The first-order valence-electron chi connectivity index (χ1n) is 4.99. The second kappa shape index (κ2) is 6.81. The minimum Gasteiger partial charge on any atom is -0.171 e. The summed E-state index contributed by atoms with van der Waals surface area (Å²) in [6.07, 6.45) is -6.49. The normalized spacial score (nSPS) is 13.6. The first-order chi connectivity index (χ1) is 7.21. The fourth-order valence-electron chi connectivity index (χ4n) is 1.07. The molecule has 0 aliphatic rings. The zero-order chi connectivity index (χ0) is 12.7. The zero-order valence-electron chi connectivity index (χ0n) is 8.67. The predicted octanol–water partition coefficient (Wildman–Crippen LogP) is 5.01.